The smallest absolute Gasteiger partial charge is 0.0705 e. The zero-order valence-corrected chi connectivity index (χ0v) is 11.1. The Morgan fingerprint density at radius 1 is 1.07 bits per heavy atom. The molecule has 0 atom stereocenters. The molecule has 72 valence electrons. The Labute approximate surface area is 103 Å². The van der Waals surface area contributed by atoms with Crippen molar-refractivity contribution in [2.75, 3.05) is 5.73 Å². The van der Waals surface area contributed by atoms with Crippen LogP contribution in [0.3, 0.4) is 0 Å². The van der Waals surface area contributed by atoms with E-state index in [4.69, 9.17) is 5.73 Å². The third-order valence-electron chi connectivity index (χ3n) is 1.83. The van der Waals surface area contributed by atoms with Gasteiger partial charge in [-0.3, -0.25) is 0 Å². The Bertz CT molecular complexity index is 465. The maximum Gasteiger partial charge on any atom is 0.0705 e. The van der Waals surface area contributed by atoms with Crippen molar-refractivity contribution in [1.82, 2.24) is 0 Å². The average molecular weight is 333 g/mol. The van der Waals surface area contributed by atoms with Crippen molar-refractivity contribution in [2.24, 2.45) is 0 Å². The Hall–Kier alpha value is -0.320. The van der Waals surface area contributed by atoms with Crippen LogP contribution in [0, 0.1) is 0 Å². The first-order chi connectivity index (χ1) is 6.66. The predicted molar refractivity (Wildman–Crippen MR) is 69.6 cm³/mol. The second kappa shape index (κ2) is 4.04. The van der Waals surface area contributed by atoms with Gasteiger partial charge >= 0.3 is 0 Å². The van der Waals surface area contributed by atoms with E-state index in [-0.39, 0.29) is 0 Å². The van der Waals surface area contributed by atoms with Gasteiger partial charge < -0.3 is 5.73 Å². The number of hydrogen-bond acceptors (Lipinski definition) is 2. The molecule has 1 heterocycles. The summed E-state index contributed by atoms with van der Waals surface area (Å²) in [7, 11) is 0. The van der Waals surface area contributed by atoms with Crippen LogP contribution in [-0.2, 0) is 0 Å². The Morgan fingerprint density at radius 3 is 2.43 bits per heavy atom. The third kappa shape index (κ3) is 2.02. The van der Waals surface area contributed by atoms with E-state index >= 15 is 0 Å². The largest absolute Gasteiger partial charge is 0.399 e. The fraction of sp³-hybridized carbons (Fsp3) is 0. The molecule has 0 amide bonds. The van der Waals surface area contributed by atoms with Crippen LogP contribution in [0.5, 0.6) is 0 Å². The number of benzene rings is 1. The minimum absolute atomic E-state index is 0.774. The molecule has 0 radical (unpaired) electrons. The first-order valence-electron chi connectivity index (χ1n) is 3.97. The van der Waals surface area contributed by atoms with Gasteiger partial charge in [0.1, 0.15) is 0 Å². The van der Waals surface area contributed by atoms with Gasteiger partial charge in [-0.1, -0.05) is 22.0 Å². The van der Waals surface area contributed by atoms with Gasteiger partial charge in [0.15, 0.2) is 0 Å². The van der Waals surface area contributed by atoms with E-state index in [2.05, 4.69) is 37.9 Å². The van der Waals surface area contributed by atoms with Gasteiger partial charge in [0, 0.05) is 20.6 Å². The zero-order valence-electron chi connectivity index (χ0n) is 7.13. The summed E-state index contributed by atoms with van der Waals surface area (Å²) in [5, 5.41) is 0. The standard InChI is InChI=1S/C10H7Br2NS/c11-8-5-6(13)1-2-7(8)9-3-4-10(12)14-9/h1-5H,13H2. The summed E-state index contributed by atoms with van der Waals surface area (Å²) in [6.07, 6.45) is 0. The van der Waals surface area contributed by atoms with Crippen molar-refractivity contribution in [3.05, 3.63) is 38.6 Å². The highest BCUT2D eigenvalue weighted by Crippen LogP contribution is 2.36. The van der Waals surface area contributed by atoms with Gasteiger partial charge in [0.25, 0.3) is 0 Å². The van der Waals surface area contributed by atoms with E-state index in [9.17, 15) is 0 Å². The summed E-state index contributed by atoms with van der Waals surface area (Å²) >= 11 is 8.66. The van der Waals surface area contributed by atoms with E-state index in [0.717, 1.165) is 13.9 Å². The zero-order chi connectivity index (χ0) is 10.1. The second-order valence-corrected chi connectivity index (χ2v) is 6.16. The minimum atomic E-state index is 0.774. The van der Waals surface area contributed by atoms with Crippen LogP contribution in [-0.4, -0.2) is 0 Å². The van der Waals surface area contributed by atoms with E-state index in [1.807, 2.05) is 24.3 Å². The van der Waals surface area contributed by atoms with Gasteiger partial charge in [0.05, 0.1) is 3.79 Å². The molecular formula is C10H7Br2NS. The van der Waals surface area contributed by atoms with E-state index in [0.29, 0.717) is 0 Å². The number of halogens is 2. The van der Waals surface area contributed by atoms with Crippen LogP contribution < -0.4 is 5.73 Å². The van der Waals surface area contributed by atoms with Crippen molar-refractivity contribution < 1.29 is 0 Å². The summed E-state index contributed by atoms with van der Waals surface area (Å²) in [5.41, 5.74) is 7.63. The summed E-state index contributed by atoms with van der Waals surface area (Å²) in [6, 6.07) is 9.99. The molecule has 14 heavy (non-hydrogen) atoms. The Balaban J connectivity index is 2.52. The highest BCUT2D eigenvalue weighted by Gasteiger charge is 2.05. The molecular weight excluding hydrogens is 326 g/mol. The molecule has 0 unspecified atom stereocenters. The third-order valence-corrected chi connectivity index (χ3v) is 4.14. The maximum absolute atomic E-state index is 5.67. The number of hydrogen-bond donors (Lipinski definition) is 1. The molecule has 0 aliphatic rings. The van der Waals surface area contributed by atoms with Crippen molar-refractivity contribution in [3.63, 3.8) is 0 Å². The highest BCUT2D eigenvalue weighted by atomic mass is 79.9. The van der Waals surface area contributed by atoms with E-state index in [1.165, 1.54) is 10.4 Å². The maximum atomic E-state index is 5.67. The lowest BCUT2D eigenvalue weighted by atomic mass is 10.2. The molecule has 2 N–H and O–H groups in total. The molecule has 2 aromatic rings. The molecule has 0 aliphatic heterocycles. The van der Waals surface area contributed by atoms with Gasteiger partial charge in [-0.2, -0.15) is 0 Å². The molecule has 0 spiro atoms. The molecule has 0 bridgehead atoms. The van der Waals surface area contributed by atoms with E-state index in [1.54, 1.807) is 11.3 Å². The lowest BCUT2D eigenvalue weighted by Crippen LogP contribution is -1.84. The predicted octanol–water partition coefficient (Wildman–Crippen LogP) is 4.52. The van der Waals surface area contributed by atoms with Crippen molar-refractivity contribution in [1.29, 1.82) is 0 Å². The number of thiophene rings is 1. The summed E-state index contributed by atoms with van der Waals surface area (Å²) < 4.78 is 2.17. The summed E-state index contributed by atoms with van der Waals surface area (Å²) in [5.74, 6) is 0. The lowest BCUT2D eigenvalue weighted by molar-refractivity contribution is 1.63. The summed E-state index contributed by atoms with van der Waals surface area (Å²) in [4.78, 5) is 1.23. The second-order valence-electron chi connectivity index (χ2n) is 2.84. The number of anilines is 1. The fourth-order valence-corrected chi connectivity index (χ4v) is 3.36. The molecule has 0 fully saturated rings. The van der Waals surface area contributed by atoms with E-state index < -0.39 is 0 Å². The molecule has 1 aromatic heterocycles. The van der Waals surface area contributed by atoms with Crippen LogP contribution in [0.25, 0.3) is 10.4 Å². The molecule has 0 saturated heterocycles. The van der Waals surface area contributed by atoms with Crippen molar-refractivity contribution in [3.8, 4) is 10.4 Å². The van der Waals surface area contributed by atoms with Crippen molar-refractivity contribution in [2.45, 2.75) is 0 Å². The first-order valence-corrected chi connectivity index (χ1v) is 6.38. The minimum Gasteiger partial charge on any atom is -0.399 e. The molecule has 1 aromatic carbocycles. The fourth-order valence-electron chi connectivity index (χ4n) is 1.19. The molecule has 0 aliphatic carbocycles. The Kier molecular flexibility index (Phi) is 2.95. The van der Waals surface area contributed by atoms with Gasteiger partial charge in [-0.05, 0) is 40.2 Å². The normalized spacial score (nSPS) is 10.4. The van der Waals surface area contributed by atoms with Gasteiger partial charge in [0.2, 0.25) is 0 Å². The molecule has 1 nitrogen and oxygen atoms in total. The highest BCUT2D eigenvalue weighted by molar-refractivity contribution is 9.11. The molecule has 0 saturated carbocycles. The van der Waals surface area contributed by atoms with Crippen LogP contribution >= 0.6 is 43.2 Å². The van der Waals surface area contributed by atoms with Gasteiger partial charge in [-0.25, -0.2) is 0 Å². The molecule has 4 heteroatoms. The Morgan fingerprint density at radius 2 is 1.86 bits per heavy atom. The number of nitrogens with two attached hydrogens (primary N) is 1. The first kappa shape index (κ1) is 10.2. The SMILES string of the molecule is Nc1ccc(-c2ccc(Br)s2)c(Br)c1. The lowest BCUT2D eigenvalue weighted by Gasteiger charge is -2.02. The quantitative estimate of drug-likeness (QED) is 0.763. The number of nitrogen functional groups attached to an aromatic ring is 1. The molecule has 2 rings (SSSR count). The van der Waals surface area contributed by atoms with Crippen LogP contribution in [0.2, 0.25) is 0 Å². The average Bonchev–Trinajstić information content (AvgIpc) is 2.51. The van der Waals surface area contributed by atoms with Crippen LogP contribution in [0.1, 0.15) is 0 Å². The van der Waals surface area contributed by atoms with Crippen LogP contribution in [0.4, 0.5) is 5.69 Å². The van der Waals surface area contributed by atoms with Crippen LogP contribution in [0.15, 0.2) is 38.6 Å². The van der Waals surface area contributed by atoms with Gasteiger partial charge in [-0.15, -0.1) is 11.3 Å². The topological polar surface area (TPSA) is 26.0 Å². The van der Waals surface area contributed by atoms with Crippen molar-refractivity contribution >= 4 is 48.9 Å². The number of rotatable bonds is 1. The monoisotopic (exact) mass is 331 g/mol. The summed E-state index contributed by atoms with van der Waals surface area (Å²) in [6.45, 7) is 0.